The molecule has 0 atom stereocenters. The van der Waals surface area contributed by atoms with Crippen LogP contribution in [0.2, 0.25) is 0 Å². The maximum Gasteiger partial charge on any atom is 0.161 e. The Kier molecular flexibility index (Phi) is 6.90. The second kappa shape index (κ2) is 8.93. The van der Waals surface area contributed by atoms with E-state index >= 15 is 0 Å². The van der Waals surface area contributed by atoms with Gasteiger partial charge in [-0.3, -0.25) is 4.79 Å². The highest BCUT2D eigenvalue weighted by molar-refractivity contribution is 9.10. The highest BCUT2D eigenvalue weighted by atomic mass is 79.9. The van der Waals surface area contributed by atoms with Crippen LogP contribution in [-0.4, -0.2) is 6.29 Å². The van der Waals surface area contributed by atoms with E-state index in [1.54, 1.807) is 11.3 Å². The second-order valence-electron chi connectivity index (χ2n) is 6.30. The van der Waals surface area contributed by atoms with Crippen LogP contribution in [0.5, 0.6) is 0 Å². The van der Waals surface area contributed by atoms with Crippen molar-refractivity contribution in [2.75, 3.05) is 0 Å². The molecular weight excluding hydrogens is 420 g/mol. The van der Waals surface area contributed by atoms with Gasteiger partial charge in [0.2, 0.25) is 0 Å². The topological polar surface area (TPSA) is 17.1 Å². The Morgan fingerprint density at radius 2 is 1.62 bits per heavy atom. The normalized spacial score (nSPS) is 11.8. The SMILES string of the molecule is CCCCCCCCCCc1csc2c1sc1c(Br)c(C=O)sc12. The van der Waals surface area contributed by atoms with Crippen LogP contribution in [0.15, 0.2) is 9.85 Å². The molecule has 3 aromatic rings. The third-order valence-electron chi connectivity index (χ3n) is 4.47. The molecule has 0 spiro atoms. The number of fused-ring (bicyclic) bond motifs is 3. The third-order valence-corrected chi connectivity index (χ3v) is 9.67. The number of aldehydes is 1. The predicted molar refractivity (Wildman–Crippen MR) is 114 cm³/mol. The molecule has 0 unspecified atom stereocenters. The van der Waals surface area contributed by atoms with Gasteiger partial charge in [0.05, 0.1) is 28.1 Å². The molecule has 0 saturated carbocycles. The van der Waals surface area contributed by atoms with Crippen LogP contribution in [0.1, 0.15) is 73.5 Å². The van der Waals surface area contributed by atoms with Crippen LogP contribution < -0.4 is 0 Å². The molecule has 0 radical (unpaired) electrons. The minimum atomic E-state index is 0.816. The van der Waals surface area contributed by atoms with Crippen molar-refractivity contribution in [3.8, 4) is 0 Å². The lowest BCUT2D eigenvalue weighted by atomic mass is 10.1. The zero-order chi connectivity index (χ0) is 16.9. The summed E-state index contributed by atoms with van der Waals surface area (Å²) in [4.78, 5) is 11.9. The van der Waals surface area contributed by atoms with E-state index in [2.05, 4.69) is 28.2 Å². The van der Waals surface area contributed by atoms with Gasteiger partial charge >= 0.3 is 0 Å². The molecule has 24 heavy (non-hydrogen) atoms. The van der Waals surface area contributed by atoms with Crippen LogP contribution in [0, 0.1) is 0 Å². The summed E-state index contributed by atoms with van der Waals surface area (Å²) >= 11 is 8.91. The van der Waals surface area contributed by atoms with Crippen molar-refractivity contribution in [2.24, 2.45) is 0 Å². The molecular formula is C19H23BrOS3. The number of rotatable bonds is 10. The van der Waals surface area contributed by atoms with Crippen molar-refractivity contribution in [1.82, 2.24) is 0 Å². The van der Waals surface area contributed by atoms with Gasteiger partial charge in [-0.05, 0) is 39.7 Å². The quantitative estimate of drug-likeness (QED) is 0.227. The Bertz CT molecular complexity index is 812. The van der Waals surface area contributed by atoms with Crippen LogP contribution in [-0.2, 0) is 6.42 Å². The smallest absolute Gasteiger partial charge is 0.161 e. The Morgan fingerprint density at radius 1 is 0.917 bits per heavy atom. The zero-order valence-corrected chi connectivity index (χ0v) is 18.1. The molecule has 0 bridgehead atoms. The molecule has 0 N–H and O–H groups in total. The lowest BCUT2D eigenvalue weighted by Gasteiger charge is -2.01. The van der Waals surface area contributed by atoms with E-state index in [0.29, 0.717) is 0 Å². The third kappa shape index (κ3) is 3.95. The van der Waals surface area contributed by atoms with Crippen LogP contribution >= 0.6 is 49.9 Å². The summed E-state index contributed by atoms with van der Waals surface area (Å²) in [6.45, 7) is 2.27. The molecule has 0 aromatic carbocycles. The largest absolute Gasteiger partial charge is 0.297 e. The molecule has 1 nitrogen and oxygen atoms in total. The van der Waals surface area contributed by atoms with Gasteiger partial charge in [0.25, 0.3) is 0 Å². The van der Waals surface area contributed by atoms with Gasteiger partial charge in [-0.2, -0.15) is 0 Å². The van der Waals surface area contributed by atoms with Crippen molar-refractivity contribution >= 4 is 75.0 Å². The number of aryl methyl sites for hydroxylation is 1. The minimum absolute atomic E-state index is 0.816. The van der Waals surface area contributed by atoms with E-state index in [-0.39, 0.29) is 0 Å². The molecule has 130 valence electrons. The highest BCUT2D eigenvalue weighted by Crippen LogP contribution is 2.48. The molecule has 0 saturated heterocycles. The van der Waals surface area contributed by atoms with Crippen molar-refractivity contribution in [3.05, 3.63) is 20.3 Å². The van der Waals surface area contributed by atoms with Crippen LogP contribution in [0.25, 0.3) is 18.8 Å². The summed E-state index contributed by atoms with van der Waals surface area (Å²) in [5.41, 5.74) is 1.51. The van der Waals surface area contributed by atoms with Crippen molar-refractivity contribution < 1.29 is 4.79 Å². The molecule has 0 aliphatic heterocycles. The highest BCUT2D eigenvalue weighted by Gasteiger charge is 2.18. The molecule has 0 aliphatic rings. The second-order valence-corrected chi connectivity index (χ2v) is 10.0. The average Bonchev–Trinajstić information content (AvgIpc) is 3.22. The first-order chi connectivity index (χ1) is 11.8. The monoisotopic (exact) mass is 442 g/mol. The molecule has 0 fully saturated rings. The number of halogens is 1. The van der Waals surface area contributed by atoms with Crippen molar-refractivity contribution in [1.29, 1.82) is 0 Å². The van der Waals surface area contributed by atoms with E-state index < -0.39 is 0 Å². The summed E-state index contributed by atoms with van der Waals surface area (Å²) in [7, 11) is 0. The Morgan fingerprint density at radius 3 is 2.33 bits per heavy atom. The van der Waals surface area contributed by atoms with E-state index in [1.165, 1.54) is 82.2 Å². The first-order valence-electron chi connectivity index (χ1n) is 8.82. The van der Waals surface area contributed by atoms with E-state index in [1.807, 2.05) is 22.7 Å². The summed E-state index contributed by atoms with van der Waals surface area (Å²) in [5.74, 6) is 0. The Balaban J connectivity index is 1.57. The standard InChI is InChI=1S/C19H23BrOS3/c1-2-3-4-5-6-7-8-9-10-13-12-22-18-16(13)24-17-15(20)14(11-21)23-19(17)18/h11-12H,2-10H2,1H3. The van der Waals surface area contributed by atoms with Gasteiger partial charge in [0.1, 0.15) is 0 Å². The van der Waals surface area contributed by atoms with E-state index in [0.717, 1.165) is 15.6 Å². The van der Waals surface area contributed by atoms with Crippen molar-refractivity contribution in [3.63, 3.8) is 0 Å². The predicted octanol–water partition coefficient (Wildman–Crippen LogP) is 8.44. The maximum atomic E-state index is 11.1. The van der Waals surface area contributed by atoms with Gasteiger partial charge in [-0.25, -0.2) is 0 Å². The summed E-state index contributed by atoms with van der Waals surface area (Å²) < 4.78 is 6.35. The molecule has 3 heterocycles. The summed E-state index contributed by atoms with van der Waals surface area (Å²) in [6.07, 6.45) is 13.1. The number of unbranched alkanes of at least 4 members (excludes halogenated alkanes) is 7. The van der Waals surface area contributed by atoms with Crippen LogP contribution in [0.3, 0.4) is 0 Å². The van der Waals surface area contributed by atoms with E-state index in [9.17, 15) is 4.79 Å². The van der Waals surface area contributed by atoms with E-state index in [4.69, 9.17) is 0 Å². The maximum absolute atomic E-state index is 11.1. The lowest BCUT2D eigenvalue weighted by Crippen LogP contribution is -1.84. The fourth-order valence-electron chi connectivity index (χ4n) is 3.10. The number of carbonyl (C=O) groups excluding carboxylic acids is 1. The number of thiophene rings is 3. The number of hydrogen-bond donors (Lipinski definition) is 0. The summed E-state index contributed by atoms with van der Waals surface area (Å²) in [5, 5.41) is 2.33. The van der Waals surface area contributed by atoms with Gasteiger partial charge in [-0.1, -0.05) is 51.9 Å². The minimum Gasteiger partial charge on any atom is -0.297 e. The Labute approximate surface area is 164 Å². The molecule has 0 aliphatic carbocycles. The molecule has 3 aromatic heterocycles. The van der Waals surface area contributed by atoms with Gasteiger partial charge in [-0.15, -0.1) is 34.0 Å². The van der Waals surface area contributed by atoms with Gasteiger partial charge < -0.3 is 0 Å². The first kappa shape index (κ1) is 18.6. The Hall–Kier alpha value is -0.230. The number of carbonyl (C=O) groups is 1. The zero-order valence-electron chi connectivity index (χ0n) is 14.0. The molecule has 3 rings (SSSR count). The van der Waals surface area contributed by atoms with Crippen molar-refractivity contribution in [2.45, 2.75) is 64.7 Å². The van der Waals surface area contributed by atoms with Gasteiger partial charge in [0.15, 0.2) is 6.29 Å². The lowest BCUT2D eigenvalue weighted by molar-refractivity contribution is 0.112. The fourth-order valence-corrected chi connectivity index (χ4v) is 7.95. The first-order valence-corrected chi connectivity index (χ1v) is 12.1. The van der Waals surface area contributed by atoms with Crippen LogP contribution in [0.4, 0.5) is 0 Å². The summed E-state index contributed by atoms with van der Waals surface area (Å²) in [6, 6.07) is 0. The fraction of sp³-hybridized carbons (Fsp3) is 0.526. The number of hydrogen-bond acceptors (Lipinski definition) is 4. The molecule has 0 amide bonds. The average molecular weight is 443 g/mol. The molecule has 5 heteroatoms. The van der Waals surface area contributed by atoms with Gasteiger partial charge in [0, 0.05) is 0 Å².